The summed E-state index contributed by atoms with van der Waals surface area (Å²) in [6.45, 7) is 6.19. The molecule has 0 aliphatic carbocycles. The highest BCUT2D eigenvalue weighted by atomic mass is 16.5. The Morgan fingerprint density at radius 3 is 2.67 bits per heavy atom. The molecule has 2 aliphatic rings. The molecule has 7 heteroatoms. The van der Waals surface area contributed by atoms with Gasteiger partial charge < -0.3 is 24.8 Å². The number of amides is 2. The molecule has 2 saturated heterocycles. The normalized spacial score (nSPS) is 23.7. The minimum atomic E-state index is -0.843. The molecule has 2 fully saturated rings. The molecule has 2 heterocycles. The lowest BCUT2D eigenvalue weighted by Crippen LogP contribution is -2.47. The molecule has 27 heavy (non-hydrogen) atoms. The molecule has 2 atom stereocenters. The van der Waals surface area contributed by atoms with Crippen molar-refractivity contribution in [2.24, 2.45) is 11.8 Å². The van der Waals surface area contributed by atoms with E-state index in [1.165, 1.54) is 0 Å². The van der Waals surface area contributed by atoms with Crippen LogP contribution in [-0.4, -0.2) is 54.4 Å². The Morgan fingerprint density at radius 2 is 2.00 bits per heavy atom. The predicted molar refractivity (Wildman–Crippen MR) is 101 cm³/mol. The number of anilines is 1. The lowest BCUT2D eigenvalue weighted by atomic mass is 9.91. The van der Waals surface area contributed by atoms with Crippen molar-refractivity contribution in [3.8, 4) is 5.75 Å². The van der Waals surface area contributed by atoms with Crippen LogP contribution in [0.3, 0.4) is 0 Å². The smallest absolute Gasteiger partial charge is 0.321 e. The third-order valence-electron chi connectivity index (χ3n) is 5.18. The van der Waals surface area contributed by atoms with Crippen LogP contribution in [0.25, 0.3) is 0 Å². The van der Waals surface area contributed by atoms with Crippen LogP contribution in [0, 0.1) is 18.8 Å². The summed E-state index contributed by atoms with van der Waals surface area (Å²) in [6.07, 6.45) is 2.54. The van der Waals surface area contributed by atoms with E-state index >= 15 is 0 Å². The third-order valence-corrected chi connectivity index (χ3v) is 5.18. The highest BCUT2D eigenvalue weighted by Crippen LogP contribution is 2.26. The number of nitrogens with one attached hydrogen (secondary N) is 1. The molecule has 0 bridgehead atoms. The van der Waals surface area contributed by atoms with Gasteiger partial charge in [-0.25, -0.2) is 4.79 Å². The number of carbonyl (C=O) groups excluding carboxylic acids is 1. The van der Waals surface area contributed by atoms with Gasteiger partial charge in [0.25, 0.3) is 0 Å². The molecule has 3 rings (SSSR count). The van der Waals surface area contributed by atoms with Crippen molar-refractivity contribution < 1.29 is 24.2 Å². The molecule has 1 aromatic carbocycles. The Kier molecular flexibility index (Phi) is 6.21. The second-order valence-electron chi connectivity index (χ2n) is 7.62. The predicted octanol–water partition coefficient (Wildman–Crippen LogP) is 3.13. The molecule has 2 aliphatic heterocycles. The molecule has 0 aromatic heterocycles. The maximum absolute atomic E-state index is 12.6. The van der Waals surface area contributed by atoms with Gasteiger partial charge >= 0.3 is 12.0 Å². The fourth-order valence-corrected chi connectivity index (χ4v) is 3.73. The topological polar surface area (TPSA) is 88.1 Å². The van der Waals surface area contributed by atoms with E-state index in [0.29, 0.717) is 18.7 Å². The second kappa shape index (κ2) is 8.61. The van der Waals surface area contributed by atoms with Crippen molar-refractivity contribution in [3.05, 3.63) is 23.8 Å². The van der Waals surface area contributed by atoms with Crippen LogP contribution in [0.2, 0.25) is 0 Å². The Labute approximate surface area is 159 Å². The van der Waals surface area contributed by atoms with E-state index in [1.54, 1.807) is 4.90 Å². The first-order valence-electron chi connectivity index (χ1n) is 9.56. The molecule has 7 nitrogen and oxygen atoms in total. The number of carbonyl (C=O) groups is 2. The van der Waals surface area contributed by atoms with E-state index in [2.05, 4.69) is 5.32 Å². The lowest BCUT2D eigenvalue weighted by Gasteiger charge is -2.34. The average Bonchev–Trinajstić information content (AvgIpc) is 2.64. The van der Waals surface area contributed by atoms with Crippen LogP contribution < -0.4 is 10.1 Å². The first-order valence-corrected chi connectivity index (χ1v) is 9.56. The molecule has 0 radical (unpaired) electrons. The molecule has 0 spiro atoms. The van der Waals surface area contributed by atoms with Crippen molar-refractivity contribution in [1.29, 1.82) is 0 Å². The van der Waals surface area contributed by atoms with Crippen LogP contribution in [0.1, 0.15) is 31.7 Å². The monoisotopic (exact) mass is 376 g/mol. The van der Waals surface area contributed by atoms with E-state index in [4.69, 9.17) is 9.47 Å². The van der Waals surface area contributed by atoms with Gasteiger partial charge in [0.2, 0.25) is 0 Å². The molecule has 1 aromatic rings. The quantitative estimate of drug-likeness (QED) is 0.843. The second-order valence-corrected chi connectivity index (χ2v) is 7.62. The number of rotatable bonds is 4. The summed E-state index contributed by atoms with van der Waals surface area (Å²) in [6, 6.07) is 5.32. The lowest BCUT2D eigenvalue weighted by molar-refractivity contribution is -0.143. The number of carboxylic acids is 1. The maximum atomic E-state index is 12.6. The Morgan fingerprint density at radius 1 is 1.26 bits per heavy atom. The van der Waals surface area contributed by atoms with E-state index in [0.717, 1.165) is 37.4 Å². The molecule has 2 N–H and O–H groups in total. The van der Waals surface area contributed by atoms with Gasteiger partial charge in [-0.2, -0.15) is 0 Å². The Bertz CT molecular complexity index is 687. The molecular formula is C20H28N2O5. The van der Waals surface area contributed by atoms with Crippen LogP contribution in [-0.2, 0) is 9.53 Å². The largest absolute Gasteiger partial charge is 0.490 e. The maximum Gasteiger partial charge on any atom is 0.321 e. The molecular weight excluding hydrogens is 348 g/mol. The van der Waals surface area contributed by atoms with Crippen molar-refractivity contribution in [1.82, 2.24) is 4.90 Å². The number of urea groups is 1. The number of piperidine rings is 1. The fourth-order valence-electron chi connectivity index (χ4n) is 3.73. The summed E-state index contributed by atoms with van der Waals surface area (Å²) in [7, 11) is 0. The van der Waals surface area contributed by atoms with Gasteiger partial charge in [0, 0.05) is 31.6 Å². The molecule has 0 saturated carbocycles. The van der Waals surface area contributed by atoms with Gasteiger partial charge in [-0.15, -0.1) is 0 Å². The number of aryl methyl sites for hydroxylation is 1. The van der Waals surface area contributed by atoms with Crippen LogP contribution in [0.15, 0.2) is 18.2 Å². The minimum absolute atomic E-state index is 0.167. The number of aliphatic carboxylic acids is 1. The average molecular weight is 376 g/mol. The number of likely N-dealkylation sites (tertiary alicyclic amines) is 1. The number of hydrogen-bond donors (Lipinski definition) is 2. The number of ether oxygens (including phenoxy) is 2. The zero-order valence-electron chi connectivity index (χ0n) is 15.9. The summed E-state index contributed by atoms with van der Waals surface area (Å²) >= 11 is 0. The zero-order valence-corrected chi connectivity index (χ0v) is 15.9. The van der Waals surface area contributed by atoms with Gasteiger partial charge in [-0.1, -0.05) is 6.92 Å². The highest BCUT2D eigenvalue weighted by Gasteiger charge is 2.32. The summed E-state index contributed by atoms with van der Waals surface area (Å²) in [4.78, 5) is 25.5. The summed E-state index contributed by atoms with van der Waals surface area (Å²) < 4.78 is 11.4. The van der Waals surface area contributed by atoms with Gasteiger partial charge in [-0.05, 0) is 43.0 Å². The Balaban J connectivity index is 1.60. The SMILES string of the molecule is Cc1cc(NC(=O)N2CC(C)CC(C(=O)O)C2)ccc1OC1CCOCC1. The fraction of sp³-hybridized carbons (Fsp3) is 0.600. The summed E-state index contributed by atoms with van der Waals surface area (Å²) in [5.74, 6) is -0.360. The van der Waals surface area contributed by atoms with Crippen LogP contribution in [0.4, 0.5) is 10.5 Å². The number of benzene rings is 1. The molecule has 2 unspecified atom stereocenters. The van der Waals surface area contributed by atoms with E-state index < -0.39 is 11.9 Å². The van der Waals surface area contributed by atoms with E-state index in [9.17, 15) is 14.7 Å². The summed E-state index contributed by atoms with van der Waals surface area (Å²) in [5.41, 5.74) is 1.64. The minimum Gasteiger partial charge on any atom is -0.490 e. The van der Waals surface area contributed by atoms with Crippen LogP contribution >= 0.6 is 0 Å². The molecule has 2 amide bonds. The Hall–Kier alpha value is -2.28. The van der Waals surface area contributed by atoms with Crippen molar-refractivity contribution in [3.63, 3.8) is 0 Å². The first kappa shape index (κ1) is 19.5. The number of carboxylic acid groups (broad SMARTS) is 1. The van der Waals surface area contributed by atoms with Crippen molar-refractivity contribution >= 4 is 17.7 Å². The van der Waals surface area contributed by atoms with E-state index in [1.807, 2.05) is 32.0 Å². The first-order chi connectivity index (χ1) is 12.9. The zero-order chi connectivity index (χ0) is 19.4. The van der Waals surface area contributed by atoms with Crippen molar-refractivity contribution in [2.75, 3.05) is 31.6 Å². The summed E-state index contributed by atoms with van der Waals surface area (Å²) in [5, 5.41) is 12.1. The van der Waals surface area contributed by atoms with Gasteiger partial charge in [-0.3, -0.25) is 4.79 Å². The van der Waals surface area contributed by atoms with Gasteiger partial charge in [0.05, 0.1) is 19.1 Å². The number of nitrogens with zero attached hydrogens (tertiary/aromatic N) is 1. The van der Waals surface area contributed by atoms with Crippen LogP contribution in [0.5, 0.6) is 5.75 Å². The third kappa shape index (κ3) is 5.13. The van der Waals surface area contributed by atoms with Gasteiger partial charge in [0.15, 0.2) is 0 Å². The van der Waals surface area contributed by atoms with Gasteiger partial charge in [0.1, 0.15) is 11.9 Å². The molecule has 148 valence electrons. The highest BCUT2D eigenvalue weighted by molar-refractivity contribution is 5.90. The van der Waals surface area contributed by atoms with E-state index in [-0.39, 0.29) is 24.6 Å². The van der Waals surface area contributed by atoms with Crippen molar-refractivity contribution in [2.45, 2.75) is 39.2 Å². The standard InChI is InChI=1S/C20H28N2O5/c1-13-9-15(19(23)24)12-22(11-13)20(25)21-16-3-4-18(14(2)10-16)27-17-5-7-26-8-6-17/h3-4,10,13,15,17H,5-9,11-12H2,1-2H3,(H,21,25)(H,23,24). The number of hydrogen-bond acceptors (Lipinski definition) is 4.